The van der Waals surface area contributed by atoms with E-state index in [2.05, 4.69) is 145 Å². The number of benzene rings is 8. The van der Waals surface area contributed by atoms with E-state index in [9.17, 15) is 0 Å². The topological polar surface area (TPSA) is 0 Å². The van der Waals surface area contributed by atoms with E-state index in [-0.39, 0.29) is 0 Å². The molecule has 0 unspecified atom stereocenters. The second-order valence-electron chi connectivity index (χ2n) is 9.89. The van der Waals surface area contributed by atoms with Crippen LogP contribution in [0.3, 0.4) is 0 Å². The van der Waals surface area contributed by atoms with Crippen LogP contribution in [0.25, 0.3) is 64.6 Å². The molecule has 0 nitrogen and oxygen atoms in total. The van der Waals surface area contributed by atoms with Crippen molar-refractivity contribution >= 4 is 64.6 Å². The van der Waals surface area contributed by atoms with Gasteiger partial charge < -0.3 is 0 Å². The fourth-order valence-corrected chi connectivity index (χ4v) is 6.25. The second-order valence-corrected chi connectivity index (χ2v) is 9.89. The lowest BCUT2D eigenvalue weighted by molar-refractivity contribution is 1.71. The smallest absolute Gasteiger partial charge is 0.0333 e. The van der Waals surface area contributed by atoms with Gasteiger partial charge in [0.25, 0.3) is 0 Å². The van der Waals surface area contributed by atoms with Crippen LogP contribution in [0, 0.1) is 11.8 Å². The van der Waals surface area contributed by atoms with Gasteiger partial charge in [0.15, 0.2) is 0 Å². The summed E-state index contributed by atoms with van der Waals surface area (Å²) in [6, 6.07) is 47.9. The molecule has 0 amide bonds. The Labute approximate surface area is 220 Å². The highest BCUT2D eigenvalue weighted by Gasteiger charge is 2.12. The summed E-state index contributed by atoms with van der Waals surface area (Å²) in [4.78, 5) is 0. The summed E-state index contributed by atoms with van der Waals surface area (Å²) in [5.74, 6) is 7.23. The third-order valence-electron chi connectivity index (χ3n) is 7.87. The zero-order valence-electron chi connectivity index (χ0n) is 20.7. The monoisotopic (exact) mass is 478 g/mol. The Morgan fingerprint density at radius 3 is 0.789 bits per heavy atom. The largest absolute Gasteiger partial charge is 0.0616 e. The second kappa shape index (κ2) is 8.20. The molecule has 0 aliphatic carbocycles. The Hall–Kier alpha value is -5.12. The summed E-state index contributed by atoms with van der Waals surface area (Å²) < 4.78 is 0. The van der Waals surface area contributed by atoms with Crippen LogP contribution in [0.1, 0.15) is 11.1 Å². The third-order valence-corrected chi connectivity index (χ3v) is 7.87. The summed E-state index contributed by atoms with van der Waals surface area (Å²) in [7, 11) is 0. The van der Waals surface area contributed by atoms with Crippen molar-refractivity contribution in [3.05, 3.63) is 145 Å². The van der Waals surface area contributed by atoms with E-state index in [1.165, 1.54) is 64.6 Å². The average Bonchev–Trinajstić information content (AvgIpc) is 3.00. The lowest BCUT2D eigenvalue weighted by atomic mass is 9.91. The maximum absolute atomic E-state index is 3.62. The molecule has 0 heteroatoms. The molecular weight excluding hydrogens is 456 g/mol. The van der Waals surface area contributed by atoms with Crippen LogP contribution in [0.15, 0.2) is 133 Å². The first-order chi connectivity index (χ1) is 18.9. The Bertz CT molecular complexity index is 2040. The SMILES string of the molecule is C(#Cc1cccc2c3ccccc3c3ccccc3c12)c1cccc2c3ccccc3c3ccccc3c12. The van der Waals surface area contributed by atoms with Gasteiger partial charge in [0.2, 0.25) is 0 Å². The Kier molecular flexibility index (Phi) is 4.54. The van der Waals surface area contributed by atoms with Gasteiger partial charge in [0.05, 0.1) is 0 Å². The Morgan fingerprint density at radius 1 is 0.237 bits per heavy atom. The normalized spacial score (nSPS) is 11.5. The fraction of sp³-hybridized carbons (Fsp3) is 0. The predicted octanol–water partition coefficient (Wildman–Crippen LogP) is 10.0. The van der Waals surface area contributed by atoms with Crippen molar-refractivity contribution in [1.82, 2.24) is 0 Å². The van der Waals surface area contributed by atoms with E-state index < -0.39 is 0 Å². The van der Waals surface area contributed by atoms with Gasteiger partial charge in [0.1, 0.15) is 0 Å². The quantitative estimate of drug-likeness (QED) is 0.150. The van der Waals surface area contributed by atoms with Gasteiger partial charge in [-0.1, -0.05) is 133 Å². The summed E-state index contributed by atoms with van der Waals surface area (Å²) in [6.07, 6.45) is 0. The first-order valence-electron chi connectivity index (χ1n) is 13.0. The zero-order valence-corrected chi connectivity index (χ0v) is 20.7. The van der Waals surface area contributed by atoms with Crippen molar-refractivity contribution < 1.29 is 0 Å². The number of rotatable bonds is 0. The van der Waals surface area contributed by atoms with Crippen LogP contribution >= 0.6 is 0 Å². The summed E-state index contributed by atoms with van der Waals surface area (Å²) in [5.41, 5.74) is 2.12. The van der Waals surface area contributed by atoms with E-state index in [0.717, 1.165) is 11.1 Å². The van der Waals surface area contributed by atoms with Gasteiger partial charge in [-0.15, -0.1) is 0 Å². The van der Waals surface area contributed by atoms with Crippen molar-refractivity contribution in [1.29, 1.82) is 0 Å². The van der Waals surface area contributed by atoms with Crippen molar-refractivity contribution in [3.8, 4) is 11.8 Å². The highest BCUT2D eigenvalue weighted by molar-refractivity contribution is 6.27. The first-order valence-corrected chi connectivity index (χ1v) is 13.0. The average molecular weight is 479 g/mol. The molecule has 0 N–H and O–H groups in total. The van der Waals surface area contributed by atoms with Crippen molar-refractivity contribution in [2.45, 2.75) is 0 Å². The predicted molar refractivity (Wildman–Crippen MR) is 164 cm³/mol. The van der Waals surface area contributed by atoms with Crippen LogP contribution < -0.4 is 0 Å². The van der Waals surface area contributed by atoms with Crippen molar-refractivity contribution in [2.24, 2.45) is 0 Å². The molecule has 8 aromatic rings. The van der Waals surface area contributed by atoms with Crippen LogP contribution in [-0.2, 0) is 0 Å². The molecule has 8 aromatic carbocycles. The fourth-order valence-electron chi connectivity index (χ4n) is 6.25. The minimum Gasteiger partial charge on any atom is -0.0616 e. The standard InChI is InChI=1S/C38H22/c1-3-15-31-27(13-1)29-17-5-7-19-33(29)37-25(11-9-21-35(31)37)23-24-26-12-10-22-36-32-16-4-2-14-28(32)30-18-6-8-20-34(30)38(26)36/h1-22H. The zero-order chi connectivity index (χ0) is 25.1. The minimum absolute atomic E-state index is 1.06. The molecule has 0 saturated heterocycles. The van der Waals surface area contributed by atoms with Crippen molar-refractivity contribution in [2.75, 3.05) is 0 Å². The summed E-state index contributed by atoms with van der Waals surface area (Å²) in [5, 5.41) is 15.1. The molecule has 8 rings (SSSR count). The molecule has 38 heavy (non-hydrogen) atoms. The molecule has 0 spiro atoms. The molecule has 0 radical (unpaired) electrons. The van der Waals surface area contributed by atoms with Gasteiger partial charge in [-0.3, -0.25) is 0 Å². The van der Waals surface area contributed by atoms with E-state index in [1.54, 1.807) is 0 Å². The van der Waals surface area contributed by atoms with E-state index in [4.69, 9.17) is 0 Å². The van der Waals surface area contributed by atoms with E-state index in [1.807, 2.05) is 0 Å². The molecule has 0 saturated carbocycles. The lowest BCUT2D eigenvalue weighted by Crippen LogP contribution is -1.88. The molecule has 174 valence electrons. The maximum atomic E-state index is 3.62. The summed E-state index contributed by atoms with van der Waals surface area (Å²) >= 11 is 0. The van der Waals surface area contributed by atoms with Crippen molar-refractivity contribution in [3.63, 3.8) is 0 Å². The van der Waals surface area contributed by atoms with Crippen LogP contribution in [0.5, 0.6) is 0 Å². The molecule has 0 atom stereocenters. The number of hydrogen-bond acceptors (Lipinski definition) is 0. The third kappa shape index (κ3) is 3.00. The Balaban J connectivity index is 1.46. The molecule has 0 fully saturated rings. The molecule has 0 aliphatic rings. The van der Waals surface area contributed by atoms with Crippen LogP contribution in [-0.4, -0.2) is 0 Å². The number of fused-ring (bicyclic) bond motifs is 12. The lowest BCUT2D eigenvalue weighted by Gasteiger charge is -2.12. The number of hydrogen-bond donors (Lipinski definition) is 0. The van der Waals surface area contributed by atoms with Gasteiger partial charge in [-0.2, -0.15) is 0 Å². The highest BCUT2D eigenvalue weighted by atomic mass is 14.1. The van der Waals surface area contributed by atoms with Gasteiger partial charge in [0, 0.05) is 21.9 Å². The minimum atomic E-state index is 1.06. The Morgan fingerprint density at radius 2 is 0.474 bits per heavy atom. The van der Waals surface area contributed by atoms with Gasteiger partial charge >= 0.3 is 0 Å². The van der Waals surface area contributed by atoms with Gasteiger partial charge in [-0.05, 0) is 66.0 Å². The molecular formula is C38H22. The van der Waals surface area contributed by atoms with Crippen LogP contribution in [0.4, 0.5) is 0 Å². The molecule has 0 aliphatic heterocycles. The first kappa shape index (κ1) is 21.0. The van der Waals surface area contributed by atoms with Crippen LogP contribution in [0.2, 0.25) is 0 Å². The van der Waals surface area contributed by atoms with E-state index >= 15 is 0 Å². The molecule has 0 heterocycles. The molecule has 0 aromatic heterocycles. The summed E-state index contributed by atoms with van der Waals surface area (Å²) in [6.45, 7) is 0. The van der Waals surface area contributed by atoms with E-state index in [0.29, 0.717) is 0 Å². The molecule has 0 bridgehead atoms. The van der Waals surface area contributed by atoms with Gasteiger partial charge in [-0.25, -0.2) is 0 Å². The highest BCUT2D eigenvalue weighted by Crippen LogP contribution is 2.38. The maximum Gasteiger partial charge on any atom is 0.0333 e.